The Bertz CT molecular complexity index is 943. The molecule has 2 aromatic rings. The highest BCUT2D eigenvalue weighted by Crippen LogP contribution is 2.24. The highest BCUT2D eigenvalue weighted by Gasteiger charge is 2.28. The number of amides is 1. The topological polar surface area (TPSA) is 69.7 Å². The number of carbonyl (C=O) groups excluding carboxylic acids is 1. The summed E-state index contributed by atoms with van der Waals surface area (Å²) in [7, 11) is 0.399. The fourth-order valence-electron chi connectivity index (χ4n) is 3.82. The van der Waals surface area contributed by atoms with Crippen molar-refractivity contribution in [1.29, 1.82) is 0 Å². The van der Waals surface area contributed by atoms with Gasteiger partial charge in [-0.25, -0.2) is 8.42 Å². The van der Waals surface area contributed by atoms with E-state index < -0.39 is 10.0 Å². The van der Waals surface area contributed by atoms with Crippen LogP contribution in [0.1, 0.15) is 41.7 Å². The maximum absolute atomic E-state index is 12.9. The van der Waals surface area contributed by atoms with Crippen LogP contribution in [0, 0.1) is 5.92 Å². The number of carbonyl (C=O) groups is 1. The number of hydrogen-bond acceptors (Lipinski definition) is 4. The molecule has 0 bridgehead atoms. The maximum Gasteiger partial charge on any atom is 0.251 e. The Morgan fingerprint density at radius 1 is 1.13 bits per heavy atom. The number of piperidine rings is 1. The third-order valence-electron chi connectivity index (χ3n) is 5.43. The van der Waals surface area contributed by atoms with Crippen molar-refractivity contribution in [3.8, 4) is 0 Å². The highest BCUT2D eigenvalue weighted by molar-refractivity contribution is 7.89. The molecule has 2 unspecified atom stereocenters. The van der Waals surface area contributed by atoms with Crippen LogP contribution in [0.5, 0.6) is 0 Å². The first kappa shape index (κ1) is 22.5. The molecule has 30 heavy (non-hydrogen) atoms. The van der Waals surface area contributed by atoms with Gasteiger partial charge in [0.2, 0.25) is 10.0 Å². The van der Waals surface area contributed by atoms with Gasteiger partial charge in [-0.15, -0.1) is 0 Å². The van der Waals surface area contributed by atoms with E-state index in [2.05, 4.69) is 12.2 Å². The predicted molar refractivity (Wildman–Crippen MR) is 119 cm³/mol. The molecule has 0 aromatic heterocycles. The summed E-state index contributed by atoms with van der Waals surface area (Å²) in [4.78, 5) is 15.1. The standard InChI is InChI=1S/C23H31N3O3S/c1-18-8-7-15-26(16-18)30(28,29)21-13-11-20(12-14-21)23(27)24-22(17-25(2)3)19-9-5-4-6-10-19/h4-6,9-14,18,22H,7-8,15-17H2,1-3H3,(H,24,27). The molecule has 162 valence electrons. The molecule has 7 heteroatoms. The number of likely N-dealkylation sites (N-methyl/N-ethyl adjacent to an activating group) is 1. The monoisotopic (exact) mass is 429 g/mol. The molecule has 1 fully saturated rings. The Labute approximate surface area is 179 Å². The molecule has 0 spiro atoms. The van der Waals surface area contributed by atoms with Gasteiger partial charge in [-0.3, -0.25) is 4.79 Å². The summed E-state index contributed by atoms with van der Waals surface area (Å²) in [6.07, 6.45) is 1.94. The fraction of sp³-hybridized carbons (Fsp3) is 0.435. The van der Waals surface area contributed by atoms with Gasteiger partial charge < -0.3 is 10.2 Å². The Balaban J connectivity index is 1.74. The highest BCUT2D eigenvalue weighted by atomic mass is 32.2. The summed E-state index contributed by atoms with van der Waals surface area (Å²) in [5, 5.41) is 3.07. The van der Waals surface area contributed by atoms with Crippen molar-refractivity contribution < 1.29 is 13.2 Å². The number of nitrogens with zero attached hydrogens (tertiary/aromatic N) is 2. The van der Waals surface area contributed by atoms with Crippen LogP contribution in [0.3, 0.4) is 0 Å². The van der Waals surface area contributed by atoms with Crippen LogP contribution in [-0.2, 0) is 10.0 Å². The van der Waals surface area contributed by atoms with Gasteiger partial charge in [-0.1, -0.05) is 37.3 Å². The molecule has 6 nitrogen and oxygen atoms in total. The van der Waals surface area contributed by atoms with Gasteiger partial charge in [0.1, 0.15) is 0 Å². The summed E-state index contributed by atoms with van der Waals surface area (Å²) in [6.45, 7) is 3.84. The summed E-state index contributed by atoms with van der Waals surface area (Å²) >= 11 is 0. The predicted octanol–water partition coefficient (Wildman–Crippen LogP) is 3.14. The van der Waals surface area contributed by atoms with Crippen molar-refractivity contribution in [2.24, 2.45) is 5.92 Å². The van der Waals surface area contributed by atoms with Crippen LogP contribution in [0.4, 0.5) is 0 Å². The first-order valence-corrected chi connectivity index (χ1v) is 11.8. The zero-order valence-electron chi connectivity index (χ0n) is 17.9. The smallest absolute Gasteiger partial charge is 0.251 e. The number of benzene rings is 2. The number of nitrogens with one attached hydrogen (secondary N) is 1. The zero-order valence-corrected chi connectivity index (χ0v) is 18.7. The minimum atomic E-state index is -3.52. The average molecular weight is 430 g/mol. The molecule has 2 atom stereocenters. The van der Waals surface area contributed by atoms with Crippen LogP contribution in [0.2, 0.25) is 0 Å². The van der Waals surface area contributed by atoms with Crippen LogP contribution in [0.25, 0.3) is 0 Å². The third-order valence-corrected chi connectivity index (χ3v) is 7.31. The van der Waals surface area contributed by atoms with Gasteiger partial charge in [0, 0.05) is 25.2 Å². The fourth-order valence-corrected chi connectivity index (χ4v) is 5.42. The first-order chi connectivity index (χ1) is 14.3. The number of rotatable bonds is 7. The second-order valence-corrected chi connectivity index (χ2v) is 10.3. The van der Waals surface area contributed by atoms with Gasteiger partial charge in [0.25, 0.3) is 5.91 Å². The molecule has 1 amide bonds. The van der Waals surface area contributed by atoms with Gasteiger partial charge in [-0.05, 0) is 62.7 Å². The number of sulfonamides is 1. The molecule has 0 radical (unpaired) electrons. The Kier molecular flexibility index (Phi) is 7.28. The van der Waals surface area contributed by atoms with E-state index in [1.165, 1.54) is 12.1 Å². The molecule has 1 aliphatic heterocycles. The van der Waals surface area contributed by atoms with E-state index >= 15 is 0 Å². The van der Waals surface area contributed by atoms with Crippen molar-refractivity contribution in [1.82, 2.24) is 14.5 Å². The molecule has 1 N–H and O–H groups in total. The van der Waals surface area contributed by atoms with Crippen molar-refractivity contribution in [3.63, 3.8) is 0 Å². The van der Waals surface area contributed by atoms with Crippen LogP contribution >= 0.6 is 0 Å². The van der Waals surface area contributed by atoms with Crippen LogP contribution < -0.4 is 5.32 Å². The SMILES string of the molecule is CC1CCCN(S(=O)(=O)c2ccc(C(=O)NC(CN(C)C)c3ccccc3)cc2)C1. The van der Waals surface area contributed by atoms with Crippen molar-refractivity contribution in [2.75, 3.05) is 33.7 Å². The molecule has 2 aromatic carbocycles. The van der Waals surface area contributed by atoms with E-state index in [0.29, 0.717) is 31.1 Å². The number of hydrogen-bond donors (Lipinski definition) is 1. The lowest BCUT2D eigenvalue weighted by Gasteiger charge is -2.30. The molecule has 1 aliphatic rings. The lowest BCUT2D eigenvalue weighted by molar-refractivity contribution is 0.0930. The van der Waals surface area contributed by atoms with Crippen molar-refractivity contribution in [2.45, 2.75) is 30.7 Å². The van der Waals surface area contributed by atoms with Gasteiger partial charge in [-0.2, -0.15) is 4.31 Å². The first-order valence-electron chi connectivity index (χ1n) is 10.4. The maximum atomic E-state index is 12.9. The van der Waals surface area contributed by atoms with Gasteiger partial charge in [0.15, 0.2) is 0 Å². The summed E-state index contributed by atoms with van der Waals surface area (Å²) in [5.74, 6) is 0.145. The zero-order chi connectivity index (χ0) is 21.7. The summed E-state index contributed by atoms with van der Waals surface area (Å²) < 4.78 is 27.4. The quantitative estimate of drug-likeness (QED) is 0.734. The molecule has 0 saturated carbocycles. The molecule has 1 heterocycles. The van der Waals surface area contributed by atoms with E-state index in [0.717, 1.165) is 18.4 Å². The van der Waals surface area contributed by atoms with Crippen LogP contribution in [-0.4, -0.2) is 57.3 Å². The lowest BCUT2D eigenvalue weighted by Crippen LogP contribution is -2.39. The van der Waals surface area contributed by atoms with Crippen LogP contribution in [0.15, 0.2) is 59.5 Å². The Hall–Kier alpha value is -2.22. The molecule has 1 saturated heterocycles. The van der Waals surface area contributed by atoms with E-state index in [1.54, 1.807) is 16.4 Å². The molecular weight excluding hydrogens is 398 g/mol. The Morgan fingerprint density at radius 3 is 2.40 bits per heavy atom. The van der Waals surface area contributed by atoms with Crippen molar-refractivity contribution in [3.05, 3.63) is 65.7 Å². The minimum Gasteiger partial charge on any atom is -0.344 e. The van der Waals surface area contributed by atoms with Crippen molar-refractivity contribution >= 4 is 15.9 Å². The minimum absolute atomic E-state index is 0.160. The lowest BCUT2D eigenvalue weighted by atomic mass is 10.0. The normalized spacial score (nSPS) is 18.9. The van der Waals surface area contributed by atoms with Gasteiger partial charge >= 0.3 is 0 Å². The summed E-state index contributed by atoms with van der Waals surface area (Å²) in [5.41, 5.74) is 1.47. The van der Waals surface area contributed by atoms with E-state index in [-0.39, 0.29) is 16.8 Å². The van der Waals surface area contributed by atoms with E-state index in [9.17, 15) is 13.2 Å². The molecular formula is C23H31N3O3S. The third kappa shape index (κ3) is 5.47. The average Bonchev–Trinajstić information content (AvgIpc) is 2.73. The molecule has 0 aliphatic carbocycles. The van der Waals surface area contributed by atoms with E-state index in [4.69, 9.17) is 0 Å². The second-order valence-electron chi connectivity index (χ2n) is 8.33. The van der Waals surface area contributed by atoms with Gasteiger partial charge in [0.05, 0.1) is 10.9 Å². The van der Waals surface area contributed by atoms with E-state index in [1.807, 2.05) is 49.3 Å². The summed E-state index contributed by atoms with van der Waals surface area (Å²) in [6, 6.07) is 15.9. The second kappa shape index (κ2) is 9.73. The largest absolute Gasteiger partial charge is 0.344 e. The molecule has 3 rings (SSSR count). The Morgan fingerprint density at radius 2 is 1.80 bits per heavy atom.